The third kappa shape index (κ3) is 5.15. The topological polar surface area (TPSA) is 50.3 Å². The number of sulfonamides is 1. The van der Waals surface area contributed by atoms with Gasteiger partial charge >= 0.3 is 0 Å². The highest BCUT2D eigenvalue weighted by Crippen LogP contribution is 2.24. The lowest BCUT2D eigenvalue weighted by molar-refractivity contribution is 0.598. The molecule has 140 valence electrons. The number of benzene rings is 2. The maximum atomic E-state index is 13.3. The van der Waals surface area contributed by atoms with Crippen LogP contribution in [0.2, 0.25) is 5.02 Å². The molecule has 4 nitrogen and oxygen atoms in total. The summed E-state index contributed by atoms with van der Waals surface area (Å²) in [6, 6.07) is 12.1. The van der Waals surface area contributed by atoms with E-state index in [4.69, 9.17) is 11.6 Å². The van der Waals surface area contributed by atoms with Crippen LogP contribution in [0.25, 0.3) is 6.08 Å². The van der Waals surface area contributed by atoms with Crippen molar-refractivity contribution in [3.63, 3.8) is 0 Å². The van der Waals surface area contributed by atoms with Crippen molar-refractivity contribution in [1.29, 1.82) is 0 Å². The highest BCUT2D eigenvalue weighted by Gasteiger charge is 2.21. The molecule has 0 N–H and O–H groups in total. The molecule has 0 radical (unpaired) electrons. The molecule has 0 fully saturated rings. The number of aromatic nitrogens is 1. The molecule has 8 heteroatoms. The van der Waals surface area contributed by atoms with Gasteiger partial charge in [-0.15, -0.1) is 11.3 Å². The van der Waals surface area contributed by atoms with Gasteiger partial charge in [-0.3, -0.25) is 4.31 Å². The molecule has 0 aliphatic carbocycles. The van der Waals surface area contributed by atoms with E-state index >= 15 is 0 Å². The second-order valence-electron chi connectivity index (χ2n) is 5.74. The first-order chi connectivity index (χ1) is 12.8. The highest BCUT2D eigenvalue weighted by atomic mass is 35.5. The Bertz CT molecular complexity index is 1050. The predicted octanol–water partition coefficient (Wildman–Crippen LogP) is 5.25. The van der Waals surface area contributed by atoms with Gasteiger partial charge in [0.15, 0.2) is 0 Å². The SMILES string of the molecule is Cc1nc(CN(c2ccc(F)cc2)S(=O)(=O)C=Cc2ccc(Cl)cc2)cs1. The van der Waals surface area contributed by atoms with Gasteiger partial charge in [0.05, 0.1) is 28.3 Å². The third-order valence-electron chi connectivity index (χ3n) is 3.70. The number of hydrogen-bond acceptors (Lipinski definition) is 4. The molecular formula is C19H16ClFN2O2S2. The van der Waals surface area contributed by atoms with Crippen molar-refractivity contribution >= 4 is 44.7 Å². The lowest BCUT2D eigenvalue weighted by Gasteiger charge is -2.22. The number of anilines is 1. The number of aryl methyl sites for hydroxylation is 1. The lowest BCUT2D eigenvalue weighted by Crippen LogP contribution is -2.28. The summed E-state index contributed by atoms with van der Waals surface area (Å²) in [6.45, 7) is 1.91. The first kappa shape index (κ1) is 19.5. The Morgan fingerprint density at radius 3 is 2.41 bits per heavy atom. The van der Waals surface area contributed by atoms with Gasteiger partial charge in [-0.05, 0) is 55.0 Å². The molecule has 0 atom stereocenters. The predicted molar refractivity (Wildman–Crippen MR) is 109 cm³/mol. The lowest BCUT2D eigenvalue weighted by atomic mass is 10.2. The first-order valence-corrected chi connectivity index (χ1v) is 10.7. The summed E-state index contributed by atoms with van der Waals surface area (Å²) in [5, 5.41) is 4.35. The molecular weight excluding hydrogens is 407 g/mol. The third-order valence-corrected chi connectivity index (χ3v) is 6.21. The van der Waals surface area contributed by atoms with Gasteiger partial charge in [0.25, 0.3) is 10.0 Å². The maximum Gasteiger partial charge on any atom is 0.257 e. The van der Waals surface area contributed by atoms with E-state index in [0.29, 0.717) is 22.0 Å². The van der Waals surface area contributed by atoms with Crippen LogP contribution in [0.5, 0.6) is 0 Å². The summed E-state index contributed by atoms with van der Waals surface area (Å²) in [5.74, 6) is -0.433. The van der Waals surface area contributed by atoms with Crippen LogP contribution >= 0.6 is 22.9 Å². The summed E-state index contributed by atoms with van der Waals surface area (Å²) < 4.78 is 40.4. The Kier molecular flexibility index (Phi) is 5.94. The quantitative estimate of drug-likeness (QED) is 0.545. The minimum Gasteiger partial charge on any atom is -0.261 e. The minimum absolute atomic E-state index is 0.0588. The van der Waals surface area contributed by atoms with Gasteiger partial charge in [0, 0.05) is 10.4 Å². The molecule has 0 aliphatic heterocycles. The molecule has 3 aromatic rings. The number of thiazole rings is 1. The second-order valence-corrected chi connectivity index (χ2v) is 8.98. The summed E-state index contributed by atoms with van der Waals surface area (Å²) in [7, 11) is -3.82. The van der Waals surface area contributed by atoms with E-state index in [2.05, 4.69) is 4.98 Å². The molecule has 0 saturated heterocycles. The Morgan fingerprint density at radius 1 is 1.15 bits per heavy atom. The summed E-state index contributed by atoms with van der Waals surface area (Å²) >= 11 is 7.29. The molecule has 2 aromatic carbocycles. The van der Waals surface area contributed by atoms with E-state index in [1.807, 2.05) is 12.3 Å². The fraction of sp³-hybridized carbons (Fsp3) is 0.105. The number of nitrogens with zero attached hydrogens (tertiary/aromatic N) is 2. The average molecular weight is 423 g/mol. The molecule has 1 heterocycles. The van der Waals surface area contributed by atoms with E-state index in [1.165, 1.54) is 46.0 Å². The van der Waals surface area contributed by atoms with Crippen molar-refractivity contribution in [3.8, 4) is 0 Å². The van der Waals surface area contributed by atoms with Crippen molar-refractivity contribution in [2.75, 3.05) is 4.31 Å². The summed E-state index contributed by atoms with van der Waals surface area (Å²) in [5.41, 5.74) is 1.69. The smallest absolute Gasteiger partial charge is 0.257 e. The summed E-state index contributed by atoms with van der Waals surface area (Å²) in [6.07, 6.45) is 1.49. The second kappa shape index (κ2) is 8.21. The largest absolute Gasteiger partial charge is 0.261 e. The zero-order chi connectivity index (χ0) is 19.4. The maximum absolute atomic E-state index is 13.3. The Hall–Kier alpha value is -2.22. The molecule has 3 rings (SSSR count). The van der Waals surface area contributed by atoms with Gasteiger partial charge in [-0.2, -0.15) is 0 Å². The molecule has 0 amide bonds. The van der Waals surface area contributed by atoms with Gasteiger partial charge in [-0.25, -0.2) is 17.8 Å². The van der Waals surface area contributed by atoms with Gasteiger partial charge < -0.3 is 0 Å². The van der Waals surface area contributed by atoms with Crippen molar-refractivity contribution in [2.24, 2.45) is 0 Å². The van der Waals surface area contributed by atoms with E-state index in [9.17, 15) is 12.8 Å². The molecule has 0 aliphatic rings. The monoisotopic (exact) mass is 422 g/mol. The molecule has 0 bridgehead atoms. The van der Waals surface area contributed by atoms with Crippen LogP contribution in [0.1, 0.15) is 16.3 Å². The van der Waals surface area contributed by atoms with Crippen molar-refractivity contribution < 1.29 is 12.8 Å². The average Bonchev–Trinajstić information content (AvgIpc) is 3.05. The van der Waals surface area contributed by atoms with Crippen molar-refractivity contribution in [1.82, 2.24) is 4.98 Å². The molecule has 1 aromatic heterocycles. The minimum atomic E-state index is -3.82. The van der Waals surface area contributed by atoms with Crippen LogP contribution in [0.3, 0.4) is 0 Å². The highest BCUT2D eigenvalue weighted by molar-refractivity contribution is 7.95. The zero-order valence-electron chi connectivity index (χ0n) is 14.3. The van der Waals surface area contributed by atoms with Crippen LogP contribution in [-0.2, 0) is 16.6 Å². The molecule has 27 heavy (non-hydrogen) atoms. The molecule has 0 unspecified atom stereocenters. The molecule has 0 saturated carbocycles. The Morgan fingerprint density at radius 2 is 1.81 bits per heavy atom. The van der Waals surface area contributed by atoms with Crippen LogP contribution in [0.4, 0.5) is 10.1 Å². The van der Waals surface area contributed by atoms with E-state index in [1.54, 1.807) is 24.3 Å². The number of halogens is 2. The van der Waals surface area contributed by atoms with Gasteiger partial charge in [-0.1, -0.05) is 23.7 Å². The molecule has 0 spiro atoms. The van der Waals surface area contributed by atoms with Gasteiger partial charge in [0.2, 0.25) is 0 Å². The normalized spacial score (nSPS) is 11.8. The summed E-state index contributed by atoms with van der Waals surface area (Å²) in [4.78, 5) is 4.33. The van der Waals surface area contributed by atoms with Gasteiger partial charge in [0.1, 0.15) is 5.82 Å². The first-order valence-electron chi connectivity index (χ1n) is 7.96. The van der Waals surface area contributed by atoms with Crippen LogP contribution in [0.15, 0.2) is 59.3 Å². The van der Waals surface area contributed by atoms with Crippen molar-refractivity contribution in [3.05, 3.63) is 86.4 Å². The number of rotatable bonds is 6. The van der Waals surface area contributed by atoms with E-state index < -0.39 is 15.8 Å². The number of hydrogen-bond donors (Lipinski definition) is 0. The van der Waals surface area contributed by atoms with Crippen LogP contribution in [-0.4, -0.2) is 13.4 Å². The zero-order valence-corrected chi connectivity index (χ0v) is 16.7. The fourth-order valence-electron chi connectivity index (χ4n) is 2.38. The van der Waals surface area contributed by atoms with Crippen molar-refractivity contribution in [2.45, 2.75) is 13.5 Å². The van der Waals surface area contributed by atoms with E-state index in [-0.39, 0.29) is 6.54 Å². The fourth-order valence-corrected chi connectivity index (χ4v) is 4.31. The Balaban J connectivity index is 1.94. The van der Waals surface area contributed by atoms with Crippen LogP contribution in [0, 0.1) is 12.7 Å². The van der Waals surface area contributed by atoms with Crippen LogP contribution < -0.4 is 4.31 Å². The van der Waals surface area contributed by atoms with E-state index in [0.717, 1.165) is 10.4 Å². The Labute approximate surface area is 166 Å². The standard InChI is InChI=1S/C19H16ClFN2O2S2/c1-14-22-18(13-26-14)12-23(19-8-6-17(21)7-9-19)27(24,25)11-10-15-2-4-16(20)5-3-15/h2-11,13H,12H2,1H3.